The molecule has 1 rings (SSSR count). The zero-order valence-electron chi connectivity index (χ0n) is 7.56. The fourth-order valence-corrected chi connectivity index (χ4v) is 2.03. The van der Waals surface area contributed by atoms with E-state index in [-0.39, 0.29) is 5.78 Å². The van der Waals surface area contributed by atoms with Crippen molar-refractivity contribution in [1.29, 1.82) is 0 Å². The van der Waals surface area contributed by atoms with Crippen LogP contribution >= 0.6 is 27.5 Å². The van der Waals surface area contributed by atoms with E-state index in [4.69, 9.17) is 11.6 Å². The van der Waals surface area contributed by atoms with Gasteiger partial charge >= 0.3 is 0 Å². The highest BCUT2D eigenvalue weighted by molar-refractivity contribution is 9.10. The van der Waals surface area contributed by atoms with Gasteiger partial charge < -0.3 is 0 Å². The van der Waals surface area contributed by atoms with E-state index in [0.29, 0.717) is 15.6 Å². The monoisotopic (exact) mass is 278 g/mol. The van der Waals surface area contributed by atoms with Crippen LogP contribution in [0.5, 0.6) is 0 Å². The van der Waals surface area contributed by atoms with Crippen LogP contribution in [0.25, 0.3) is 0 Å². The molecule has 0 spiro atoms. The number of ketones is 1. The van der Waals surface area contributed by atoms with Crippen molar-refractivity contribution in [3.8, 4) is 0 Å². The van der Waals surface area contributed by atoms with Crippen LogP contribution in [0.3, 0.4) is 0 Å². The molecule has 0 N–H and O–H groups in total. The number of Topliss-reactive ketones (excluding diaryl/α,β-unsaturated/α-hetero) is 1. The van der Waals surface area contributed by atoms with Gasteiger partial charge in [-0.05, 0) is 18.1 Å². The predicted molar refractivity (Wildman–Crippen MR) is 58.2 cm³/mol. The smallest absolute Gasteiger partial charge is 0.152 e. The summed E-state index contributed by atoms with van der Waals surface area (Å²) in [6, 6.07) is 5.05. The summed E-state index contributed by atoms with van der Waals surface area (Å²) in [6.45, 7) is 0.835. The molecule has 0 heterocycles. The van der Waals surface area contributed by atoms with Crippen molar-refractivity contribution in [3.05, 3.63) is 33.8 Å². The first-order chi connectivity index (χ1) is 6.57. The first kappa shape index (κ1) is 11.7. The number of carbonyl (C=O) groups is 1. The summed E-state index contributed by atoms with van der Waals surface area (Å²) in [5.41, 5.74) is 1.13. The third-order valence-electron chi connectivity index (χ3n) is 1.88. The van der Waals surface area contributed by atoms with Gasteiger partial charge in [0, 0.05) is 4.47 Å². The van der Waals surface area contributed by atoms with Crippen LogP contribution in [0.2, 0.25) is 0 Å². The van der Waals surface area contributed by atoms with E-state index in [2.05, 4.69) is 15.9 Å². The number of hydrogen-bond donors (Lipinski definition) is 0. The average Bonchev–Trinajstić information content (AvgIpc) is 2.17. The molecule has 1 unspecified atom stereocenters. The lowest BCUT2D eigenvalue weighted by Crippen LogP contribution is -2.03. The summed E-state index contributed by atoms with van der Waals surface area (Å²) in [5, 5.41) is -0.712. The normalized spacial score (nSPS) is 12.6. The maximum atomic E-state index is 12.5. The molecule has 0 aliphatic rings. The molecule has 0 aliphatic carbocycles. The molecule has 14 heavy (non-hydrogen) atoms. The Hall–Kier alpha value is -0.410. The van der Waals surface area contributed by atoms with Crippen LogP contribution in [0, 0.1) is 0 Å². The highest BCUT2D eigenvalue weighted by atomic mass is 79.9. The third kappa shape index (κ3) is 2.34. The van der Waals surface area contributed by atoms with E-state index >= 15 is 0 Å². The maximum absolute atomic E-state index is 12.5. The van der Waals surface area contributed by atoms with E-state index in [9.17, 15) is 9.18 Å². The standard InChI is InChI=1S/C10H9BrClFO/c1-6(14)10(12)8-4-2-3-7(5-13)9(8)11/h2-4,10H,5H2,1H3. The van der Waals surface area contributed by atoms with Crippen molar-refractivity contribution in [2.75, 3.05) is 0 Å². The molecule has 4 heteroatoms. The summed E-state index contributed by atoms with van der Waals surface area (Å²) in [5.74, 6) is -0.150. The van der Waals surface area contributed by atoms with Crippen LogP contribution in [-0.2, 0) is 11.5 Å². The van der Waals surface area contributed by atoms with Gasteiger partial charge in [-0.15, -0.1) is 11.6 Å². The van der Waals surface area contributed by atoms with Crippen LogP contribution in [0.4, 0.5) is 4.39 Å². The number of benzene rings is 1. The minimum absolute atomic E-state index is 0.150. The van der Waals surface area contributed by atoms with Gasteiger partial charge in [0.2, 0.25) is 0 Å². The Morgan fingerprint density at radius 3 is 2.79 bits per heavy atom. The number of halogens is 3. The Kier molecular flexibility index (Phi) is 4.08. The maximum Gasteiger partial charge on any atom is 0.152 e. The fraction of sp³-hybridized carbons (Fsp3) is 0.300. The van der Waals surface area contributed by atoms with Crippen molar-refractivity contribution in [2.24, 2.45) is 0 Å². The molecule has 0 saturated carbocycles. The topological polar surface area (TPSA) is 17.1 Å². The molecule has 76 valence electrons. The molecule has 1 aromatic carbocycles. The van der Waals surface area contributed by atoms with Gasteiger partial charge in [0.05, 0.1) is 0 Å². The quantitative estimate of drug-likeness (QED) is 0.769. The van der Waals surface area contributed by atoms with Gasteiger partial charge in [0.25, 0.3) is 0 Å². The summed E-state index contributed by atoms with van der Waals surface area (Å²) in [4.78, 5) is 11.0. The lowest BCUT2D eigenvalue weighted by molar-refractivity contribution is -0.116. The first-order valence-corrected chi connectivity index (χ1v) is 5.28. The first-order valence-electron chi connectivity index (χ1n) is 4.05. The summed E-state index contributed by atoms with van der Waals surface area (Å²) < 4.78 is 13.1. The van der Waals surface area contributed by atoms with Gasteiger partial charge in [-0.25, -0.2) is 4.39 Å². The molecular formula is C10H9BrClFO. The van der Waals surface area contributed by atoms with Gasteiger partial charge in [-0.3, -0.25) is 4.79 Å². The fourth-order valence-electron chi connectivity index (χ4n) is 1.12. The Bertz CT molecular complexity index is 354. The lowest BCUT2D eigenvalue weighted by atomic mass is 10.1. The van der Waals surface area contributed by atoms with E-state index in [1.807, 2.05) is 0 Å². The van der Waals surface area contributed by atoms with Crippen LogP contribution in [-0.4, -0.2) is 5.78 Å². The molecule has 1 atom stereocenters. The molecule has 0 aliphatic heterocycles. The lowest BCUT2D eigenvalue weighted by Gasteiger charge is -2.10. The summed E-state index contributed by atoms with van der Waals surface area (Å²) >= 11 is 9.11. The predicted octanol–water partition coefficient (Wildman–Crippen LogP) is 3.79. The van der Waals surface area contributed by atoms with Gasteiger partial charge in [0.15, 0.2) is 5.78 Å². The average molecular weight is 280 g/mol. The second-order valence-electron chi connectivity index (χ2n) is 2.93. The Morgan fingerprint density at radius 2 is 2.29 bits per heavy atom. The third-order valence-corrected chi connectivity index (χ3v) is 3.39. The van der Waals surface area contributed by atoms with E-state index in [0.717, 1.165) is 0 Å². The highest BCUT2D eigenvalue weighted by Crippen LogP contribution is 2.31. The molecule has 0 fully saturated rings. The van der Waals surface area contributed by atoms with E-state index in [1.54, 1.807) is 18.2 Å². The summed E-state index contributed by atoms with van der Waals surface area (Å²) in [7, 11) is 0. The number of alkyl halides is 2. The zero-order chi connectivity index (χ0) is 10.7. The van der Waals surface area contributed by atoms with E-state index < -0.39 is 12.1 Å². The van der Waals surface area contributed by atoms with Gasteiger partial charge in [0.1, 0.15) is 12.1 Å². The molecule has 0 aromatic heterocycles. The van der Waals surface area contributed by atoms with Crippen LogP contribution in [0.1, 0.15) is 23.4 Å². The van der Waals surface area contributed by atoms with Crippen molar-refractivity contribution in [1.82, 2.24) is 0 Å². The van der Waals surface area contributed by atoms with Crippen molar-refractivity contribution in [3.63, 3.8) is 0 Å². The Labute approximate surface area is 95.4 Å². The molecule has 0 radical (unpaired) electrons. The minimum atomic E-state index is -0.712. The number of carbonyl (C=O) groups excluding carboxylic acids is 1. The van der Waals surface area contributed by atoms with Crippen LogP contribution in [0.15, 0.2) is 22.7 Å². The Balaban J connectivity index is 3.15. The largest absolute Gasteiger partial charge is 0.298 e. The summed E-state index contributed by atoms with van der Waals surface area (Å²) in [6.07, 6.45) is 0. The second-order valence-corrected chi connectivity index (χ2v) is 4.16. The van der Waals surface area contributed by atoms with Gasteiger partial charge in [-0.2, -0.15) is 0 Å². The molecule has 1 nitrogen and oxygen atoms in total. The number of hydrogen-bond acceptors (Lipinski definition) is 1. The van der Waals surface area contributed by atoms with Crippen LogP contribution < -0.4 is 0 Å². The molecule has 0 amide bonds. The molecule has 0 bridgehead atoms. The Morgan fingerprint density at radius 1 is 1.64 bits per heavy atom. The highest BCUT2D eigenvalue weighted by Gasteiger charge is 2.17. The van der Waals surface area contributed by atoms with Gasteiger partial charge in [-0.1, -0.05) is 34.1 Å². The van der Waals surface area contributed by atoms with E-state index in [1.165, 1.54) is 6.92 Å². The molecule has 1 aromatic rings. The SMILES string of the molecule is CC(=O)C(Cl)c1cccc(CF)c1Br. The number of rotatable bonds is 3. The second kappa shape index (κ2) is 4.89. The van der Waals surface area contributed by atoms with Crippen molar-refractivity contribution in [2.45, 2.75) is 19.0 Å². The van der Waals surface area contributed by atoms with Crippen molar-refractivity contribution >= 4 is 33.3 Å². The molecular weight excluding hydrogens is 270 g/mol. The van der Waals surface area contributed by atoms with Crippen molar-refractivity contribution < 1.29 is 9.18 Å². The minimum Gasteiger partial charge on any atom is -0.298 e. The molecule has 0 saturated heterocycles. The zero-order valence-corrected chi connectivity index (χ0v) is 9.90.